The first-order chi connectivity index (χ1) is 13.2. The van der Waals surface area contributed by atoms with Gasteiger partial charge in [0.1, 0.15) is 13.2 Å². The summed E-state index contributed by atoms with van der Waals surface area (Å²) in [6.07, 6.45) is 8.38. The van der Waals surface area contributed by atoms with Gasteiger partial charge in [-0.3, -0.25) is 0 Å². The number of fused-ring (bicyclic) bond motifs is 2. The summed E-state index contributed by atoms with van der Waals surface area (Å²) in [4.78, 5) is 24.7. The average molecular weight is 360 g/mol. The van der Waals surface area contributed by atoms with Crippen LogP contribution in [0.15, 0.2) is 85.0 Å². The molecule has 4 heteroatoms. The van der Waals surface area contributed by atoms with E-state index in [4.69, 9.17) is 9.47 Å². The fraction of sp³-hybridized carbons (Fsp3) is 0.217. The SMILES string of the molecule is O=C(OCC1(COC(=O)c2ccccc2)C2C=CC1C=C2)c1ccccc1. The molecule has 2 aromatic carbocycles. The molecule has 2 bridgehead atoms. The molecule has 0 spiro atoms. The number of carbonyl (C=O) groups is 2. The highest BCUT2D eigenvalue weighted by molar-refractivity contribution is 5.90. The molecule has 4 rings (SSSR count). The molecule has 27 heavy (non-hydrogen) atoms. The Morgan fingerprint density at radius 2 is 1.04 bits per heavy atom. The second-order valence-electron chi connectivity index (χ2n) is 6.94. The van der Waals surface area contributed by atoms with Crippen LogP contribution >= 0.6 is 0 Å². The smallest absolute Gasteiger partial charge is 0.338 e. The minimum Gasteiger partial charge on any atom is -0.461 e. The lowest BCUT2D eigenvalue weighted by Crippen LogP contribution is -2.39. The number of carbonyl (C=O) groups excluding carboxylic acids is 2. The Hall–Kier alpha value is -3.14. The number of hydrogen-bond donors (Lipinski definition) is 0. The minimum atomic E-state index is -0.463. The predicted octanol–water partition coefficient (Wildman–Crippen LogP) is 4.06. The van der Waals surface area contributed by atoms with Crippen LogP contribution in [0.25, 0.3) is 0 Å². The lowest BCUT2D eigenvalue weighted by Gasteiger charge is -2.33. The van der Waals surface area contributed by atoms with Crippen LogP contribution in [0.4, 0.5) is 0 Å². The third-order valence-electron chi connectivity index (χ3n) is 5.34. The summed E-state index contributed by atoms with van der Waals surface area (Å²) in [6.45, 7) is 0.385. The van der Waals surface area contributed by atoms with Gasteiger partial charge in [-0.15, -0.1) is 0 Å². The number of benzene rings is 2. The van der Waals surface area contributed by atoms with Crippen LogP contribution in [0.3, 0.4) is 0 Å². The minimum absolute atomic E-state index is 0.0923. The first kappa shape index (κ1) is 17.3. The van der Waals surface area contributed by atoms with Crippen molar-refractivity contribution in [3.8, 4) is 0 Å². The quantitative estimate of drug-likeness (QED) is 0.576. The van der Waals surface area contributed by atoms with Crippen LogP contribution < -0.4 is 0 Å². The van der Waals surface area contributed by atoms with Gasteiger partial charge in [-0.1, -0.05) is 60.7 Å². The van der Waals surface area contributed by atoms with Gasteiger partial charge in [0.15, 0.2) is 0 Å². The van der Waals surface area contributed by atoms with Gasteiger partial charge in [0.05, 0.1) is 16.5 Å². The average Bonchev–Trinajstić information content (AvgIpc) is 3.26. The second-order valence-corrected chi connectivity index (χ2v) is 6.94. The first-order valence-corrected chi connectivity index (χ1v) is 9.00. The monoisotopic (exact) mass is 360 g/mol. The highest BCUT2D eigenvalue weighted by Gasteiger charge is 2.50. The Morgan fingerprint density at radius 3 is 1.41 bits per heavy atom. The normalized spacial score (nSPS) is 21.2. The zero-order valence-electron chi connectivity index (χ0n) is 14.8. The van der Waals surface area contributed by atoms with E-state index in [-0.39, 0.29) is 37.0 Å². The zero-order chi connectivity index (χ0) is 18.7. The fourth-order valence-corrected chi connectivity index (χ4v) is 3.74. The van der Waals surface area contributed by atoms with Gasteiger partial charge < -0.3 is 9.47 Å². The number of hydrogen-bond acceptors (Lipinski definition) is 4. The summed E-state index contributed by atoms with van der Waals surface area (Å²) in [5.74, 6) is -0.546. The lowest BCUT2D eigenvalue weighted by atomic mass is 9.77. The molecule has 0 aliphatic heterocycles. The van der Waals surface area contributed by atoms with Crippen LogP contribution in [-0.4, -0.2) is 25.2 Å². The van der Waals surface area contributed by atoms with Crippen molar-refractivity contribution >= 4 is 11.9 Å². The van der Waals surface area contributed by atoms with E-state index in [0.717, 1.165) is 0 Å². The van der Waals surface area contributed by atoms with E-state index in [2.05, 4.69) is 24.3 Å². The summed E-state index contributed by atoms with van der Waals surface area (Å²) in [7, 11) is 0. The molecule has 0 atom stereocenters. The maximum Gasteiger partial charge on any atom is 0.338 e. The summed E-state index contributed by atoms with van der Waals surface area (Å²) in [5, 5.41) is 0. The number of ether oxygens (including phenoxy) is 2. The topological polar surface area (TPSA) is 52.6 Å². The van der Waals surface area contributed by atoms with Gasteiger partial charge in [-0.2, -0.15) is 0 Å². The van der Waals surface area contributed by atoms with E-state index in [1.54, 1.807) is 48.5 Å². The molecule has 0 radical (unpaired) electrons. The fourth-order valence-electron chi connectivity index (χ4n) is 3.74. The van der Waals surface area contributed by atoms with Crippen molar-refractivity contribution in [3.63, 3.8) is 0 Å². The second kappa shape index (κ2) is 7.23. The third-order valence-corrected chi connectivity index (χ3v) is 5.34. The molecular weight excluding hydrogens is 340 g/mol. The van der Waals surface area contributed by atoms with E-state index in [9.17, 15) is 9.59 Å². The maximum atomic E-state index is 12.4. The van der Waals surface area contributed by atoms with Crippen molar-refractivity contribution in [3.05, 3.63) is 96.1 Å². The molecule has 0 saturated carbocycles. The Balaban J connectivity index is 1.45. The molecule has 4 nitrogen and oxygen atoms in total. The Labute approximate surface area is 158 Å². The maximum absolute atomic E-state index is 12.4. The molecule has 0 N–H and O–H groups in total. The molecule has 136 valence electrons. The van der Waals surface area contributed by atoms with Crippen molar-refractivity contribution in [2.75, 3.05) is 13.2 Å². The highest BCUT2D eigenvalue weighted by atomic mass is 16.5. The van der Waals surface area contributed by atoms with E-state index < -0.39 is 5.41 Å². The lowest BCUT2D eigenvalue weighted by molar-refractivity contribution is -0.0172. The van der Waals surface area contributed by atoms with E-state index >= 15 is 0 Å². The molecule has 2 aromatic rings. The first-order valence-electron chi connectivity index (χ1n) is 9.00. The van der Waals surface area contributed by atoms with Crippen LogP contribution in [0.1, 0.15) is 20.7 Å². The standard InChI is InChI=1S/C23H20O4/c24-21(17-7-3-1-4-8-17)26-15-23(19-11-12-20(23)14-13-19)16-27-22(25)18-9-5-2-6-10-18/h1-14,19-20H,15-16H2. The van der Waals surface area contributed by atoms with Crippen LogP contribution in [0, 0.1) is 17.3 Å². The summed E-state index contributed by atoms with van der Waals surface area (Å²) in [5.41, 5.74) is 0.565. The van der Waals surface area contributed by atoms with E-state index in [1.807, 2.05) is 12.1 Å². The van der Waals surface area contributed by atoms with E-state index in [1.165, 1.54) is 0 Å². The third kappa shape index (κ3) is 3.31. The largest absolute Gasteiger partial charge is 0.461 e. The van der Waals surface area contributed by atoms with Crippen molar-refractivity contribution in [2.24, 2.45) is 17.3 Å². The predicted molar refractivity (Wildman–Crippen MR) is 101 cm³/mol. The molecule has 0 saturated heterocycles. The Morgan fingerprint density at radius 1 is 0.667 bits per heavy atom. The van der Waals surface area contributed by atoms with Gasteiger partial charge in [0, 0.05) is 11.8 Å². The highest BCUT2D eigenvalue weighted by Crippen LogP contribution is 2.50. The number of rotatable bonds is 6. The number of allylic oxidation sites excluding steroid dienone is 4. The van der Waals surface area contributed by atoms with E-state index in [0.29, 0.717) is 11.1 Å². The number of esters is 2. The molecule has 0 fully saturated rings. The Kier molecular flexibility index (Phi) is 4.63. The molecule has 0 amide bonds. The van der Waals surface area contributed by atoms with Gasteiger partial charge >= 0.3 is 11.9 Å². The van der Waals surface area contributed by atoms with Crippen molar-refractivity contribution in [2.45, 2.75) is 0 Å². The summed E-state index contributed by atoms with van der Waals surface area (Å²) in [6, 6.07) is 17.8. The van der Waals surface area contributed by atoms with Crippen LogP contribution in [0.5, 0.6) is 0 Å². The summed E-state index contributed by atoms with van der Waals surface area (Å²) < 4.78 is 11.2. The molecule has 2 aliphatic carbocycles. The van der Waals surface area contributed by atoms with Crippen LogP contribution in [0.2, 0.25) is 0 Å². The van der Waals surface area contributed by atoms with Crippen molar-refractivity contribution in [1.29, 1.82) is 0 Å². The summed E-state index contributed by atoms with van der Waals surface area (Å²) >= 11 is 0. The molecule has 0 aromatic heterocycles. The van der Waals surface area contributed by atoms with Gasteiger partial charge in [0.2, 0.25) is 0 Å². The van der Waals surface area contributed by atoms with Gasteiger partial charge in [0.25, 0.3) is 0 Å². The molecular formula is C23H20O4. The molecule has 0 unspecified atom stereocenters. The van der Waals surface area contributed by atoms with Crippen molar-refractivity contribution in [1.82, 2.24) is 0 Å². The molecule has 0 heterocycles. The van der Waals surface area contributed by atoms with Gasteiger partial charge in [-0.25, -0.2) is 9.59 Å². The van der Waals surface area contributed by atoms with Crippen LogP contribution in [-0.2, 0) is 9.47 Å². The van der Waals surface area contributed by atoms with Crippen molar-refractivity contribution < 1.29 is 19.1 Å². The Bertz CT molecular complexity index is 796. The zero-order valence-corrected chi connectivity index (χ0v) is 14.8. The van der Waals surface area contributed by atoms with Gasteiger partial charge in [-0.05, 0) is 24.3 Å². The molecule has 2 aliphatic rings.